The van der Waals surface area contributed by atoms with Crippen LogP contribution in [-0.2, 0) is 14.3 Å². The van der Waals surface area contributed by atoms with Crippen LogP contribution in [0.15, 0.2) is 24.3 Å². The molecule has 7 heteroatoms. The van der Waals surface area contributed by atoms with Gasteiger partial charge in [-0.05, 0) is 12.1 Å². The second-order valence-corrected chi connectivity index (χ2v) is 4.48. The lowest BCUT2D eigenvalue weighted by atomic mass is 10.2. The lowest BCUT2D eigenvalue weighted by molar-refractivity contribution is -0.159. The van der Waals surface area contributed by atoms with Crippen molar-refractivity contribution >= 4 is 11.9 Å². The number of aliphatic carboxylic acids is 1. The number of rotatable bonds is 5. The van der Waals surface area contributed by atoms with Crippen LogP contribution in [0.3, 0.4) is 0 Å². The third-order valence-electron chi connectivity index (χ3n) is 3.14. The topological polar surface area (TPSA) is 85.3 Å². The molecule has 1 fully saturated rings. The third kappa shape index (κ3) is 3.85. The van der Waals surface area contributed by atoms with Crippen LogP contribution in [0, 0.1) is 0 Å². The number of carboxylic acid groups (broad SMARTS) is 1. The van der Waals surface area contributed by atoms with Gasteiger partial charge in [0, 0.05) is 12.6 Å². The van der Waals surface area contributed by atoms with Crippen molar-refractivity contribution in [3.05, 3.63) is 24.3 Å². The van der Waals surface area contributed by atoms with Crippen LogP contribution in [0.25, 0.3) is 0 Å². The van der Waals surface area contributed by atoms with Gasteiger partial charge in [-0.2, -0.15) is 0 Å². The van der Waals surface area contributed by atoms with Crippen molar-refractivity contribution in [1.29, 1.82) is 0 Å². The molecule has 0 bridgehead atoms. The number of carbonyl (C=O) groups excluding carboxylic acids is 1. The van der Waals surface area contributed by atoms with E-state index in [0.717, 1.165) is 0 Å². The summed E-state index contributed by atoms with van der Waals surface area (Å²) in [4.78, 5) is 24.5. The normalized spacial score (nSPS) is 18.1. The van der Waals surface area contributed by atoms with Crippen molar-refractivity contribution in [3.8, 4) is 11.5 Å². The zero-order chi connectivity index (χ0) is 15.2. The number of carboxylic acids is 1. The smallest absolute Gasteiger partial charge is 0.328 e. The molecule has 1 heterocycles. The third-order valence-corrected chi connectivity index (χ3v) is 3.14. The summed E-state index contributed by atoms with van der Waals surface area (Å²) in [5.41, 5.74) is 0. The molecule has 1 saturated heterocycles. The van der Waals surface area contributed by atoms with Gasteiger partial charge in [-0.1, -0.05) is 6.07 Å². The van der Waals surface area contributed by atoms with Gasteiger partial charge < -0.3 is 24.2 Å². The SMILES string of the molecule is COc1cccc(OCC(=O)N2CCOC[C@@H]2C(=O)O)c1. The summed E-state index contributed by atoms with van der Waals surface area (Å²) in [5, 5.41) is 9.08. The van der Waals surface area contributed by atoms with Gasteiger partial charge in [0.25, 0.3) is 5.91 Å². The van der Waals surface area contributed by atoms with Crippen LogP contribution in [-0.4, -0.2) is 61.4 Å². The number of ether oxygens (including phenoxy) is 3. The summed E-state index contributed by atoms with van der Waals surface area (Å²) in [6.45, 7) is 0.350. The van der Waals surface area contributed by atoms with Crippen LogP contribution in [0.5, 0.6) is 11.5 Å². The first-order chi connectivity index (χ1) is 10.1. The van der Waals surface area contributed by atoms with Crippen molar-refractivity contribution in [2.45, 2.75) is 6.04 Å². The van der Waals surface area contributed by atoms with E-state index in [1.807, 2.05) is 0 Å². The van der Waals surface area contributed by atoms with E-state index in [9.17, 15) is 9.59 Å². The number of methoxy groups -OCH3 is 1. The molecule has 1 amide bonds. The van der Waals surface area contributed by atoms with E-state index < -0.39 is 12.0 Å². The first-order valence-electron chi connectivity index (χ1n) is 6.48. The standard InChI is InChI=1S/C14H17NO6/c1-19-10-3-2-4-11(7-10)21-9-13(16)15-5-6-20-8-12(15)14(17)18/h2-4,7,12H,5-6,8-9H2,1H3,(H,17,18)/t12-/m1/s1. The molecule has 0 aliphatic carbocycles. The highest BCUT2D eigenvalue weighted by Crippen LogP contribution is 2.19. The van der Waals surface area contributed by atoms with Gasteiger partial charge >= 0.3 is 5.97 Å². The fourth-order valence-electron chi connectivity index (χ4n) is 2.03. The summed E-state index contributed by atoms with van der Waals surface area (Å²) in [5.74, 6) is -0.351. The highest BCUT2D eigenvalue weighted by Gasteiger charge is 2.32. The lowest BCUT2D eigenvalue weighted by Gasteiger charge is -2.32. The predicted octanol–water partition coefficient (Wildman–Crippen LogP) is 0.386. The fourth-order valence-corrected chi connectivity index (χ4v) is 2.03. The molecule has 0 saturated carbocycles. The molecule has 1 aliphatic heterocycles. The zero-order valence-electron chi connectivity index (χ0n) is 11.7. The molecular weight excluding hydrogens is 278 g/mol. The summed E-state index contributed by atoms with van der Waals surface area (Å²) in [6.07, 6.45) is 0. The van der Waals surface area contributed by atoms with Crippen LogP contribution in [0.1, 0.15) is 0 Å². The molecule has 1 aliphatic rings. The molecule has 1 N–H and O–H groups in total. The van der Waals surface area contributed by atoms with Gasteiger partial charge in [-0.25, -0.2) is 4.79 Å². The van der Waals surface area contributed by atoms with E-state index in [1.165, 1.54) is 12.0 Å². The zero-order valence-corrected chi connectivity index (χ0v) is 11.7. The fraction of sp³-hybridized carbons (Fsp3) is 0.429. The number of nitrogens with zero attached hydrogens (tertiary/aromatic N) is 1. The Morgan fingerprint density at radius 1 is 1.43 bits per heavy atom. The summed E-state index contributed by atoms with van der Waals surface area (Å²) < 4.78 is 15.5. The minimum absolute atomic E-state index is 0.000231. The molecule has 0 aromatic heterocycles. The largest absolute Gasteiger partial charge is 0.497 e. The Morgan fingerprint density at radius 2 is 2.19 bits per heavy atom. The van der Waals surface area contributed by atoms with Gasteiger partial charge in [0.2, 0.25) is 0 Å². The monoisotopic (exact) mass is 295 g/mol. The molecule has 0 radical (unpaired) electrons. The van der Waals surface area contributed by atoms with E-state index >= 15 is 0 Å². The predicted molar refractivity (Wildman–Crippen MR) is 72.4 cm³/mol. The highest BCUT2D eigenvalue weighted by atomic mass is 16.5. The number of hydrogen-bond donors (Lipinski definition) is 1. The van der Waals surface area contributed by atoms with Gasteiger partial charge in [0.05, 0.1) is 20.3 Å². The Hall–Kier alpha value is -2.28. The van der Waals surface area contributed by atoms with E-state index in [1.54, 1.807) is 24.3 Å². The Labute approximate surface area is 122 Å². The summed E-state index contributed by atoms with van der Waals surface area (Å²) in [7, 11) is 1.54. The Balaban J connectivity index is 1.95. The average molecular weight is 295 g/mol. The number of morpholine rings is 1. The van der Waals surface area contributed by atoms with Gasteiger partial charge in [0.15, 0.2) is 12.6 Å². The lowest BCUT2D eigenvalue weighted by Crippen LogP contribution is -2.53. The van der Waals surface area contributed by atoms with Crippen LogP contribution < -0.4 is 9.47 Å². The number of hydrogen-bond acceptors (Lipinski definition) is 5. The molecule has 7 nitrogen and oxygen atoms in total. The molecule has 0 unspecified atom stereocenters. The summed E-state index contributed by atoms with van der Waals surface area (Å²) >= 11 is 0. The van der Waals surface area contributed by atoms with Gasteiger partial charge in [0.1, 0.15) is 11.5 Å². The number of amides is 1. The number of benzene rings is 1. The quantitative estimate of drug-likeness (QED) is 0.845. The molecule has 1 aromatic carbocycles. The minimum Gasteiger partial charge on any atom is -0.497 e. The van der Waals surface area contributed by atoms with Gasteiger partial charge in [-0.3, -0.25) is 4.79 Å². The van der Waals surface area contributed by atoms with E-state index in [4.69, 9.17) is 19.3 Å². The van der Waals surface area contributed by atoms with Crippen molar-refractivity contribution in [2.75, 3.05) is 33.5 Å². The molecular formula is C14H17NO6. The molecule has 1 atom stereocenters. The van der Waals surface area contributed by atoms with E-state index in [0.29, 0.717) is 18.1 Å². The molecule has 1 aromatic rings. The first-order valence-corrected chi connectivity index (χ1v) is 6.48. The highest BCUT2D eigenvalue weighted by molar-refractivity contribution is 5.84. The molecule has 114 valence electrons. The van der Waals surface area contributed by atoms with Crippen LogP contribution >= 0.6 is 0 Å². The Kier molecular flexibility index (Phi) is 4.99. The van der Waals surface area contributed by atoms with Crippen molar-refractivity contribution in [2.24, 2.45) is 0 Å². The second kappa shape index (κ2) is 6.94. The summed E-state index contributed by atoms with van der Waals surface area (Å²) in [6, 6.07) is 5.90. The maximum atomic E-state index is 12.1. The number of carbonyl (C=O) groups is 2. The molecule has 21 heavy (non-hydrogen) atoms. The van der Waals surface area contributed by atoms with Crippen LogP contribution in [0.2, 0.25) is 0 Å². The van der Waals surface area contributed by atoms with E-state index in [2.05, 4.69) is 0 Å². The maximum Gasteiger partial charge on any atom is 0.328 e. The van der Waals surface area contributed by atoms with Crippen molar-refractivity contribution < 1.29 is 28.9 Å². The molecule has 0 spiro atoms. The Bertz CT molecular complexity index is 518. The van der Waals surface area contributed by atoms with Gasteiger partial charge in [-0.15, -0.1) is 0 Å². The first kappa shape index (κ1) is 15.1. The van der Waals surface area contributed by atoms with Crippen molar-refractivity contribution in [3.63, 3.8) is 0 Å². The van der Waals surface area contributed by atoms with E-state index in [-0.39, 0.29) is 25.7 Å². The molecule has 2 rings (SSSR count). The van der Waals surface area contributed by atoms with Crippen molar-refractivity contribution in [1.82, 2.24) is 4.90 Å². The second-order valence-electron chi connectivity index (χ2n) is 4.48. The average Bonchev–Trinajstić information content (AvgIpc) is 2.52. The van der Waals surface area contributed by atoms with Crippen LogP contribution in [0.4, 0.5) is 0 Å². The maximum absolute atomic E-state index is 12.1. The minimum atomic E-state index is -1.08. The Morgan fingerprint density at radius 3 is 2.90 bits per heavy atom.